The van der Waals surface area contributed by atoms with Gasteiger partial charge in [-0.15, -0.1) is 24.0 Å². The summed E-state index contributed by atoms with van der Waals surface area (Å²) in [5.41, 5.74) is 2.65. The van der Waals surface area contributed by atoms with Crippen molar-refractivity contribution in [1.29, 1.82) is 0 Å². The van der Waals surface area contributed by atoms with Crippen molar-refractivity contribution in [2.45, 2.75) is 19.9 Å². The molecule has 0 saturated heterocycles. The van der Waals surface area contributed by atoms with Crippen LogP contribution in [0, 0.1) is 6.92 Å². The Morgan fingerprint density at radius 1 is 1.38 bits per heavy atom. The first kappa shape index (κ1) is 13.3. The topological polar surface area (TPSA) is 36.4 Å². The Bertz CT molecular complexity index is 363. The smallest absolute Gasteiger partial charge is 0.191 e. The second-order valence-electron chi connectivity index (χ2n) is 3.79. The average molecular weight is 331 g/mol. The molecule has 1 aliphatic heterocycles. The molecule has 0 radical (unpaired) electrons. The van der Waals surface area contributed by atoms with Gasteiger partial charge in [-0.2, -0.15) is 0 Å². The molecule has 0 aliphatic carbocycles. The van der Waals surface area contributed by atoms with E-state index in [1.165, 1.54) is 11.1 Å². The first-order valence-electron chi connectivity index (χ1n) is 5.43. The lowest BCUT2D eigenvalue weighted by Gasteiger charge is -2.16. The predicted octanol–water partition coefficient (Wildman–Crippen LogP) is 2.05. The number of hydrogen-bond donors (Lipinski definition) is 2. The average Bonchev–Trinajstić information content (AvgIpc) is 2.29. The zero-order valence-corrected chi connectivity index (χ0v) is 11.8. The van der Waals surface area contributed by atoms with Crippen LogP contribution in [0.4, 0.5) is 0 Å². The van der Waals surface area contributed by atoms with E-state index in [-0.39, 0.29) is 24.0 Å². The molecule has 16 heavy (non-hydrogen) atoms. The van der Waals surface area contributed by atoms with Crippen LogP contribution in [-0.2, 0) is 6.54 Å². The van der Waals surface area contributed by atoms with Crippen LogP contribution in [-0.4, -0.2) is 19.0 Å². The van der Waals surface area contributed by atoms with Crippen molar-refractivity contribution in [1.82, 2.24) is 10.6 Å². The maximum absolute atomic E-state index is 4.37. The van der Waals surface area contributed by atoms with Gasteiger partial charge in [-0.3, -0.25) is 4.99 Å². The third-order valence-electron chi connectivity index (χ3n) is 2.60. The molecule has 0 aromatic heterocycles. The molecule has 2 rings (SSSR count). The van der Waals surface area contributed by atoms with E-state index in [1.54, 1.807) is 0 Å². The van der Waals surface area contributed by atoms with E-state index in [0.717, 1.165) is 32.0 Å². The normalized spacial score (nSPS) is 14.4. The van der Waals surface area contributed by atoms with Gasteiger partial charge in [0.2, 0.25) is 0 Å². The largest absolute Gasteiger partial charge is 0.356 e. The van der Waals surface area contributed by atoms with Gasteiger partial charge in [0.15, 0.2) is 5.96 Å². The van der Waals surface area contributed by atoms with Gasteiger partial charge in [-0.05, 0) is 24.5 Å². The molecule has 0 saturated carbocycles. The first-order chi connectivity index (χ1) is 7.36. The van der Waals surface area contributed by atoms with Gasteiger partial charge in [-0.25, -0.2) is 0 Å². The van der Waals surface area contributed by atoms with E-state index in [0.29, 0.717) is 0 Å². The summed E-state index contributed by atoms with van der Waals surface area (Å²) < 4.78 is 0. The highest BCUT2D eigenvalue weighted by Gasteiger charge is 2.03. The lowest BCUT2D eigenvalue weighted by molar-refractivity contribution is 0.701. The molecule has 0 atom stereocenters. The molecular formula is C12H18IN3. The number of aliphatic imine (C=N–C) groups is 1. The van der Waals surface area contributed by atoms with Crippen molar-refractivity contribution >= 4 is 29.9 Å². The van der Waals surface area contributed by atoms with Gasteiger partial charge in [-0.1, -0.05) is 24.3 Å². The molecular weight excluding hydrogens is 313 g/mol. The lowest BCUT2D eigenvalue weighted by Crippen LogP contribution is -2.40. The fourth-order valence-corrected chi connectivity index (χ4v) is 1.64. The van der Waals surface area contributed by atoms with Crippen molar-refractivity contribution in [3.05, 3.63) is 35.4 Å². The van der Waals surface area contributed by atoms with Gasteiger partial charge in [0.25, 0.3) is 0 Å². The van der Waals surface area contributed by atoms with Crippen molar-refractivity contribution < 1.29 is 0 Å². The predicted molar refractivity (Wildman–Crippen MR) is 78.4 cm³/mol. The number of nitrogens with one attached hydrogen (secondary N) is 2. The van der Waals surface area contributed by atoms with Crippen molar-refractivity contribution in [3.63, 3.8) is 0 Å². The van der Waals surface area contributed by atoms with E-state index >= 15 is 0 Å². The van der Waals surface area contributed by atoms with Gasteiger partial charge in [0, 0.05) is 19.6 Å². The number of aryl methyl sites for hydroxylation is 1. The van der Waals surface area contributed by atoms with E-state index in [2.05, 4.69) is 46.8 Å². The minimum atomic E-state index is 0. The monoisotopic (exact) mass is 331 g/mol. The number of guanidine groups is 1. The summed E-state index contributed by atoms with van der Waals surface area (Å²) in [5.74, 6) is 0.935. The second kappa shape index (κ2) is 6.73. The van der Waals surface area contributed by atoms with Crippen LogP contribution in [0.2, 0.25) is 0 Å². The third kappa shape index (κ3) is 3.66. The number of rotatable bonds is 2. The second-order valence-corrected chi connectivity index (χ2v) is 3.79. The minimum Gasteiger partial charge on any atom is -0.356 e. The standard InChI is InChI=1S/C12H17N3.HI/c1-10-5-2-3-6-11(10)9-15-12-13-7-4-8-14-12;/h2-3,5-6H,4,7-9H2,1H3,(H2,13,14,15);1H. The summed E-state index contributed by atoms with van der Waals surface area (Å²) in [6.07, 6.45) is 1.13. The number of nitrogens with zero attached hydrogens (tertiary/aromatic N) is 1. The highest BCUT2D eigenvalue weighted by Crippen LogP contribution is 2.05. The molecule has 0 spiro atoms. The molecule has 1 heterocycles. The first-order valence-corrected chi connectivity index (χ1v) is 5.43. The fourth-order valence-electron chi connectivity index (χ4n) is 1.64. The zero-order chi connectivity index (χ0) is 10.5. The molecule has 0 unspecified atom stereocenters. The highest BCUT2D eigenvalue weighted by molar-refractivity contribution is 14.0. The number of hydrogen-bond acceptors (Lipinski definition) is 3. The molecule has 2 N–H and O–H groups in total. The number of benzene rings is 1. The van der Waals surface area contributed by atoms with Crippen molar-refractivity contribution in [2.75, 3.05) is 13.1 Å². The Morgan fingerprint density at radius 3 is 2.88 bits per heavy atom. The summed E-state index contributed by atoms with van der Waals surface area (Å²) in [4.78, 5) is 4.37. The Morgan fingerprint density at radius 2 is 2.19 bits per heavy atom. The molecule has 4 heteroatoms. The maximum Gasteiger partial charge on any atom is 0.191 e. The van der Waals surface area contributed by atoms with E-state index in [1.807, 2.05) is 0 Å². The summed E-state index contributed by atoms with van der Waals surface area (Å²) in [7, 11) is 0. The molecule has 0 bridgehead atoms. The Balaban J connectivity index is 0.00000128. The van der Waals surface area contributed by atoms with Crippen LogP contribution in [0.15, 0.2) is 29.3 Å². The van der Waals surface area contributed by atoms with E-state index < -0.39 is 0 Å². The maximum atomic E-state index is 4.37. The molecule has 1 aromatic carbocycles. The fraction of sp³-hybridized carbons (Fsp3) is 0.417. The Hall–Kier alpha value is -0.780. The molecule has 3 nitrogen and oxygen atoms in total. The lowest BCUT2D eigenvalue weighted by atomic mass is 10.1. The van der Waals surface area contributed by atoms with Gasteiger partial charge in [0.1, 0.15) is 0 Å². The van der Waals surface area contributed by atoms with E-state index in [9.17, 15) is 0 Å². The van der Waals surface area contributed by atoms with Crippen molar-refractivity contribution in [3.8, 4) is 0 Å². The van der Waals surface area contributed by atoms with Crippen molar-refractivity contribution in [2.24, 2.45) is 4.99 Å². The van der Waals surface area contributed by atoms with Crippen LogP contribution in [0.25, 0.3) is 0 Å². The van der Waals surface area contributed by atoms with Crippen LogP contribution in [0.3, 0.4) is 0 Å². The van der Waals surface area contributed by atoms with Crippen LogP contribution < -0.4 is 10.6 Å². The highest BCUT2D eigenvalue weighted by atomic mass is 127. The van der Waals surface area contributed by atoms with Gasteiger partial charge < -0.3 is 10.6 Å². The summed E-state index contributed by atoms with van der Waals surface area (Å²) in [6.45, 7) is 4.94. The van der Waals surface area contributed by atoms with Crippen LogP contribution in [0.1, 0.15) is 17.5 Å². The molecule has 1 aromatic rings. The summed E-state index contributed by atoms with van der Waals surface area (Å²) in [5, 5.41) is 6.57. The van der Waals surface area contributed by atoms with Gasteiger partial charge in [0.05, 0.1) is 0 Å². The minimum absolute atomic E-state index is 0. The third-order valence-corrected chi connectivity index (χ3v) is 2.60. The van der Waals surface area contributed by atoms with Crippen LogP contribution >= 0.6 is 24.0 Å². The van der Waals surface area contributed by atoms with Crippen LogP contribution in [0.5, 0.6) is 0 Å². The van der Waals surface area contributed by atoms with Gasteiger partial charge >= 0.3 is 0 Å². The molecule has 0 amide bonds. The summed E-state index contributed by atoms with van der Waals surface area (Å²) >= 11 is 0. The molecule has 1 aliphatic rings. The SMILES string of the molecule is Cc1ccccc1CNC1=NCCCN1.I. The number of halogens is 1. The Labute approximate surface area is 114 Å². The Kier molecular flexibility index (Phi) is 5.59. The summed E-state index contributed by atoms with van der Waals surface area (Å²) in [6, 6.07) is 8.41. The molecule has 88 valence electrons. The van der Waals surface area contributed by atoms with E-state index in [4.69, 9.17) is 0 Å². The molecule has 0 fully saturated rings. The quantitative estimate of drug-likeness (QED) is 0.814. The zero-order valence-electron chi connectivity index (χ0n) is 9.49.